The number of aromatic nitrogens is 1. The molecule has 3 rings (SSSR count). The summed E-state index contributed by atoms with van der Waals surface area (Å²) in [7, 11) is 0. The Morgan fingerprint density at radius 1 is 1.33 bits per heavy atom. The van der Waals surface area contributed by atoms with Gasteiger partial charge in [0.15, 0.2) is 0 Å². The Hall–Kier alpha value is -1.78. The largest absolute Gasteiger partial charge is 0.444 e. The summed E-state index contributed by atoms with van der Waals surface area (Å²) in [6.07, 6.45) is 2.66. The monoisotopic (exact) mass is 289 g/mol. The number of hydrogen-bond donors (Lipinski definition) is 0. The van der Waals surface area contributed by atoms with Gasteiger partial charge >= 0.3 is 6.09 Å². The van der Waals surface area contributed by atoms with E-state index in [0.717, 1.165) is 25.2 Å². The van der Waals surface area contributed by atoms with Crippen LogP contribution >= 0.6 is 0 Å². The van der Waals surface area contributed by atoms with Crippen LogP contribution in [0.1, 0.15) is 32.9 Å². The molecule has 0 N–H and O–H groups in total. The fraction of sp³-hybridized carbons (Fsp3) is 0.625. The highest BCUT2D eigenvalue weighted by atomic mass is 16.6. The molecule has 1 aromatic heterocycles. The molecule has 2 fully saturated rings. The van der Waals surface area contributed by atoms with Crippen LogP contribution in [0.25, 0.3) is 0 Å². The number of likely N-dealkylation sites (tertiary alicyclic amines) is 1. The average Bonchev–Trinajstić information content (AvgIpc) is 2.96. The maximum Gasteiger partial charge on any atom is 0.410 e. The molecule has 0 saturated carbocycles. The molecule has 21 heavy (non-hydrogen) atoms. The lowest BCUT2D eigenvalue weighted by Gasteiger charge is -2.36. The van der Waals surface area contributed by atoms with Crippen LogP contribution in [0.4, 0.5) is 10.5 Å². The lowest BCUT2D eigenvalue weighted by molar-refractivity contribution is 0.0215. The van der Waals surface area contributed by atoms with Gasteiger partial charge in [0.2, 0.25) is 0 Å². The Morgan fingerprint density at radius 3 is 2.67 bits per heavy atom. The number of piperazine rings is 1. The zero-order valence-electron chi connectivity index (χ0n) is 13.2. The smallest absolute Gasteiger partial charge is 0.410 e. The minimum absolute atomic E-state index is 0.183. The number of aryl methyl sites for hydroxylation is 1. The predicted molar refractivity (Wildman–Crippen MR) is 81.5 cm³/mol. The number of ether oxygens (including phenoxy) is 1. The van der Waals surface area contributed by atoms with Crippen LogP contribution in [0.3, 0.4) is 0 Å². The zero-order valence-corrected chi connectivity index (χ0v) is 13.2. The van der Waals surface area contributed by atoms with Crippen molar-refractivity contribution < 1.29 is 9.53 Å². The van der Waals surface area contributed by atoms with E-state index in [1.54, 1.807) is 0 Å². The van der Waals surface area contributed by atoms with Gasteiger partial charge in [-0.25, -0.2) is 4.79 Å². The van der Waals surface area contributed by atoms with Crippen LogP contribution < -0.4 is 4.90 Å². The number of carbonyl (C=O) groups excluding carboxylic acids is 1. The lowest BCUT2D eigenvalue weighted by Crippen LogP contribution is -2.50. The quantitative estimate of drug-likeness (QED) is 0.797. The number of fused-ring (bicyclic) bond motifs is 2. The number of rotatable bonds is 1. The van der Waals surface area contributed by atoms with Crippen molar-refractivity contribution in [3.63, 3.8) is 0 Å². The van der Waals surface area contributed by atoms with Gasteiger partial charge in [-0.15, -0.1) is 0 Å². The Balaban J connectivity index is 1.70. The van der Waals surface area contributed by atoms with Gasteiger partial charge in [0.25, 0.3) is 0 Å². The van der Waals surface area contributed by atoms with E-state index in [4.69, 9.17) is 4.74 Å². The highest BCUT2D eigenvalue weighted by Crippen LogP contribution is 2.36. The van der Waals surface area contributed by atoms with E-state index in [1.807, 2.05) is 44.9 Å². The standard InChI is InChI=1S/C16H23N3O2/c1-11-14(6-5-7-17-11)18-9-13-8-12(18)10-19(13)15(20)21-16(2,3)4/h5-7,12-13H,8-10H2,1-4H3/t12-,13-/m0/s1. The molecule has 5 nitrogen and oxygen atoms in total. The molecule has 1 amide bonds. The normalized spacial score (nSPS) is 24.6. The van der Waals surface area contributed by atoms with Crippen molar-refractivity contribution in [3.05, 3.63) is 24.0 Å². The van der Waals surface area contributed by atoms with Gasteiger partial charge in [-0.05, 0) is 46.2 Å². The van der Waals surface area contributed by atoms with Crippen molar-refractivity contribution in [1.29, 1.82) is 0 Å². The maximum absolute atomic E-state index is 12.2. The minimum Gasteiger partial charge on any atom is -0.444 e. The second-order valence-corrected chi connectivity index (χ2v) is 6.94. The number of anilines is 1. The Bertz CT molecular complexity index is 553. The van der Waals surface area contributed by atoms with Crippen LogP contribution in [-0.2, 0) is 4.74 Å². The van der Waals surface area contributed by atoms with E-state index in [2.05, 4.69) is 16.0 Å². The molecule has 5 heteroatoms. The van der Waals surface area contributed by atoms with Crippen molar-refractivity contribution >= 4 is 11.8 Å². The minimum atomic E-state index is -0.432. The summed E-state index contributed by atoms with van der Waals surface area (Å²) in [5, 5.41) is 0. The molecule has 0 aromatic carbocycles. The second kappa shape index (κ2) is 4.90. The third-order valence-corrected chi connectivity index (χ3v) is 4.16. The first-order valence-corrected chi connectivity index (χ1v) is 7.53. The van der Waals surface area contributed by atoms with Crippen LogP contribution in [0.2, 0.25) is 0 Å². The molecule has 3 heterocycles. The van der Waals surface area contributed by atoms with Gasteiger partial charge in [0.05, 0.1) is 17.4 Å². The maximum atomic E-state index is 12.2. The fourth-order valence-electron chi connectivity index (χ4n) is 3.29. The summed E-state index contributed by atoms with van der Waals surface area (Å²) in [6.45, 7) is 9.37. The fourth-order valence-corrected chi connectivity index (χ4v) is 3.29. The van der Waals surface area contributed by atoms with Crippen molar-refractivity contribution in [1.82, 2.24) is 9.88 Å². The number of nitrogens with zero attached hydrogens (tertiary/aromatic N) is 3. The summed E-state index contributed by atoms with van der Waals surface area (Å²) in [5.41, 5.74) is 1.81. The molecule has 114 valence electrons. The first-order chi connectivity index (χ1) is 9.85. The molecule has 2 saturated heterocycles. The first kappa shape index (κ1) is 14.2. The summed E-state index contributed by atoms with van der Waals surface area (Å²) in [4.78, 5) is 20.9. The molecule has 2 bridgehead atoms. The van der Waals surface area contributed by atoms with E-state index in [1.165, 1.54) is 5.69 Å². The molecule has 0 aliphatic carbocycles. The predicted octanol–water partition coefficient (Wildman–Crippen LogP) is 2.59. The van der Waals surface area contributed by atoms with Gasteiger partial charge in [-0.3, -0.25) is 4.98 Å². The first-order valence-electron chi connectivity index (χ1n) is 7.53. The highest BCUT2D eigenvalue weighted by molar-refractivity contribution is 5.70. The van der Waals surface area contributed by atoms with E-state index < -0.39 is 5.60 Å². The third-order valence-electron chi connectivity index (χ3n) is 4.16. The highest BCUT2D eigenvalue weighted by Gasteiger charge is 2.46. The van der Waals surface area contributed by atoms with E-state index in [-0.39, 0.29) is 12.1 Å². The molecule has 0 spiro atoms. The molecular formula is C16H23N3O2. The van der Waals surface area contributed by atoms with Gasteiger partial charge in [0, 0.05) is 25.3 Å². The van der Waals surface area contributed by atoms with E-state index >= 15 is 0 Å². The molecule has 1 aromatic rings. The van der Waals surface area contributed by atoms with Crippen LogP contribution in [-0.4, -0.2) is 46.8 Å². The Morgan fingerprint density at radius 2 is 2.10 bits per heavy atom. The molecule has 2 atom stereocenters. The topological polar surface area (TPSA) is 45.7 Å². The van der Waals surface area contributed by atoms with Gasteiger partial charge in [-0.2, -0.15) is 0 Å². The van der Waals surface area contributed by atoms with Crippen LogP contribution in [0, 0.1) is 6.92 Å². The third kappa shape index (κ3) is 2.69. The van der Waals surface area contributed by atoms with Crippen LogP contribution in [0.5, 0.6) is 0 Å². The summed E-state index contributed by atoms with van der Waals surface area (Å²) < 4.78 is 5.50. The number of hydrogen-bond acceptors (Lipinski definition) is 4. The average molecular weight is 289 g/mol. The number of amides is 1. The summed E-state index contributed by atoms with van der Waals surface area (Å²) in [5.74, 6) is 0. The van der Waals surface area contributed by atoms with Crippen LogP contribution in [0.15, 0.2) is 18.3 Å². The van der Waals surface area contributed by atoms with Gasteiger partial charge in [0.1, 0.15) is 5.60 Å². The van der Waals surface area contributed by atoms with Crippen molar-refractivity contribution in [2.75, 3.05) is 18.0 Å². The van der Waals surface area contributed by atoms with Crippen molar-refractivity contribution in [2.24, 2.45) is 0 Å². The van der Waals surface area contributed by atoms with E-state index in [0.29, 0.717) is 6.04 Å². The number of carbonyl (C=O) groups is 1. The van der Waals surface area contributed by atoms with Gasteiger partial charge in [-0.1, -0.05) is 0 Å². The Labute approximate surface area is 125 Å². The second-order valence-electron chi connectivity index (χ2n) is 6.94. The van der Waals surface area contributed by atoms with Gasteiger partial charge < -0.3 is 14.5 Å². The van der Waals surface area contributed by atoms with E-state index in [9.17, 15) is 4.79 Å². The molecule has 0 unspecified atom stereocenters. The zero-order chi connectivity index (χ0) is 15.2. The Kier molecular flexibility index (Phi) is 3.30. The van der Waals surface area contributed by atoms with Crippen molar-refractivity contribution in [2.45, 2.75) is 51.8 Å². The SMILES string of the molecule is Cc1ncccc1N1C[C@@H]2C[C@H]1CN2C(=O)OC(C)(C)C. The molecule has 2 aliphatic heterocycles. The summed E-state index contributed by atoms with van der Waals surface area (Å²) in [6, 6.07) is 4.72. The summed E-state index contributed by atoms with van der Waals surface area (Å²) >= 11 is 0. The molecule has 2 aliphatic rings. The molecule has 0 radical (unpaired) electrons. The number of pyridine rings is 1. The van der Waals surface area contributed by atoms with Crippen molar-refractivity contribution in [3.8, 4) is 0 Å². The molecular weight excluding hydrogens is 266 g/mol. The lowest BCUT2D eigenvalue weighted by atomic mass is 10.2.